The quantitative estimate of drug-likeness (QED) is 0.521. The van der Waals surface area contributed by atoms with Gasteiger partial charge in [-0.15, -0.1) is 0 Å². The fourth-order valence-corrected chi connectivity index (χ4v) is 1.67. The predicted molar refractivity (Wildman–Crippen MR) is 58.5 cm³/mol. The average molecular weight is 210 g/mol. The molecule has 0 heterocycles. The molecule has 1 aliphatic carbocycles. The van der Waals surface area contributed by atoms with Gasteiger partial charge in [0.25, 0.3) is 0 Å². The van der Waals surface area contributed by atoms with Crippen LogP contribution in [0.1, 0.15) is 32.1 Å². The normalized spacial score (nSPS) is 25.1. The van der Waals surface area contributed by atoms with Gasteiger partial charge in [0, 0.05) is 12.3 Å². The largest absolute Gasteiger partial charge is 0.481 e. The van der Waals surface area contributed by atoms with Gasteiger partial charge in [0.2, 0.25) is 0 Å². The minimum absolute atomic E-state index is 0.228. The second kappa shape index (κ2) is 6.40. The highest BCUT2D eigenvalue weighted by Gasteiger charge is 2.17. The first-order valence-corrected chi connectivity index (χ1v) is 5.41. The van der Waals surface area contributed by atoms with Crippen molar-refractivity contribution < 1.29 is 15.0 Å². The number of carbonyl (C=O) groups is 1. The van der Waals surface area contributed by atoms with Crippen LogP contribution >= 0.6 is 0 Å². The number of rotatable bonds is 6. The number of allylic oxidation sites excluding steroid dienone is 2. The van der Waals surface area contributed by atoms with E-state index in [-0.39, 0.29) is 18.4 Å². The second-order valence-corrected chi connectivity index (χ2v) is 3.89. The van der Waals surface area contributed by atoms with Crippen LogP contribution in [0.5, 0.6) is 0 Å². The number of carboxylic acid groups (broad SMARTS) is 1. The standard InChI is InChI=1S/C12H18O3/c13-11-8-5-7-10(11)6-3-1-2-4-9-12(14)15/h1,3,5,7,10-11,13H,2,4,6,8-9H2,(H,14,15)/b3-1+. The Hall–Kier alpha value is -1.09. The number of aliphatic hydroxyl groups is 1. The number of aliphatic hydroxyl groups excluding tert-OH is 1. The highest BCUT2D eigenvalue weighted by Crippen LogP contribution is 2.21. The SMILES string of the molecule is O=C(O)CCC/C=C/CC1C=CCC1O. The fraction of sp³-hybridized carbons (Fsp3) is 0.583. The van der Waals surface area contributed by atoms with E-state index in [0.717, 1.165) is 19.3 Å². The van der Waals surface area contributed by atoms with E-state index in [9.17, 15) is 9.90 Å². The zero-order valence-electron chi connectivity index (χ0n) is 8.80. The molecule has 3 heteroatoms. The van der Waals surface area contributed by atoms with E-state index in [2.05, 4.69) is 0 Å². The van der Waals surface area contributed by atoms with Gasteiger partial charge in [-0.3, -0.25) is 4.79 Å². The summed E-state index contributed by atoms with van der Waals surface area (Å²) >= 11 is 0. The Morgan fingerprint density at radius 1 is 1.47 bits per heavy atom. The van der Waals surface area contributed by atoms with E-state index in [4.69, 9.17) is 5.11 Å². The second-order valence-electron chi connectivity index (χ2n) is 3.89. The van der Waals surface area contributed by atoms with E-state index < -0.39 is 5.97 Å². The third-order valence-electron chi connectivity index (χ3n) is 2.59. The van der Waals surface area contributed by atoms with Crippen molar-refractivity contribution in [1.29, 1.82) is 0 Å². The summed E-state index contributed by atoms with van der Waals surface area (Å²) in [6.45, 7) is 0. The Balaban J connectivity index is 2.06. The van der Waals surface area contributed by atoms with Crippen LogP contribution in [-0.2, 0) is 4.79 Å². The first-order chi connectivity index (χ1) is 7.20. The Kier molecular flexibility index (Phi) is 5.12. The van der Waals surface area contributed by atoms with Gasteiger partial charge in [-0.05, 0) is 25.7 Å². The molecule has 84 valence electrons. The number of carboxylic acids is 1. The van der Waals surface area contributed by atoms with E-state index in [0.29, 0.717) is 6.42 Å². The summed E-state index contributed by atoms with van der Waals surface area (Å²) in [5.74, 6) is -0.488. The molecule has 0 saturated carbocycles. The molecule has 3 nitrogen and oxygen atoms in total. The summed E-state index contributed by atoms with van der Waals surface area (Å²) in [6.07, 6.45) is 11.2. The highest BCUT2D eigenvalue weighted by atomic mass is 16.4. The van der Waals surface area contributed by atoms with Crippen LogP contribution in [0.25, 0.3) is 0 Å². The van der Waals surface area contributed by atoms with Crippen molar-refractivity contribution in [2.75, 3.05) is 0 Å². The third-order valence-corrected chi connectivity index (χ3v) is 2.59. The molecule has 0 aromatic heterocycles. The van der Waals surface area contributed by atoms with Crippen molar-refractivity contribution in [1.82, 2.24) is 0 Å². The van der Waals surface area contributed by atoms with Gasteiger partial charge in [-0.2, -0.15) is 0 Å². The van der Waals surface area contributed by atoms with Gasteiger partial charge in [-0.25, -0.2) is 0 Å². The van der Waals surface area contributed by atoms with Crippen LogP contribution in [0, 0.1) is 5.92 Å². The predicted octanol–water partition coefficient (Wildman–Crippen LogP) is 2.12. The molecule has 2 N–H and O–H groups in total. The van der Waals surface area contributed by atoms with Gasteiger partial charge < -0.3 is 10.2 Å². The van der Waals surface area contributed by atoms with E-state index in [1.165, 1.54) is 0 Å². The minimum Gasteiger partial charge on any atom is -0.481 e. The number of aliphatic carboxylic acids is 1. The highest BCUT2D eigenvalue weighted by molar-refractivity contribution is 5.66. The Morgan fingerprint density at radius 2 is 2.27 bits per heavy atom. The van der Waals surface area contributed by atoms with Crippen molar-refractivity contribution in [2.24, 2.45) is 5.92 Å². The maximum atomic E-state index is 10.2. The first kappa shape index (κ1) is 12.0. The molecule has 2 unspecified atom stereocenters. The van der Waals surface area contributed by atoms with Crippen LogP contribution in [0.2, 0.25) is 0 Å². The summed E-state index contributed by atoms with van der Waals surface area (Å²) < 4.78 is 0. The molecular formula is C12H18O3. The monoisotopic (exact) mass is 210 g/mol. The van der Waals surface area contributed by atoms with Crippen LogP contribution in [0.4, 0.5) is 0 Å². The van der Waals surface area contributed by atoms with E-state index >= 15 is 0 Å². The number of hydrogen-bond acceptors (Lipinski definition) is 2. The lowest BCUT2D eigenvalue weighted by molar-refractivity contribution is -0.137. The van der Waals surface area contributed by atoms with Gasteiger partial charge in [0.1, 0.15) is 0 Å². The van der Waals surface area contributed by atoms with Gasteiger partial charge >= 0.3 is 5.97 Å². The van der Waals surface area contributed by atoms with Crippen molar-refractivity contribution >= 4 is 5.97 Å². The van der Waals surface area contributed by atoms with Crippen LogP contribution in [0.3, 0.4) is 0 Å². The van der Waals surface area contributed by atoms with Crippen LogP contribution in [-0.4, -0.2) is 22.3 Å². The molecule has 1 rings (SSSR count). The summed E-state index contributed by atoms with van der Waals surface area (Å²) in [5.41, 5.74) is 0. The van der Waals surface area contributed by atoms with E-state index in [1.54, 1.807) is 0 Å². The number of hydrogen-bond donors (Lipinski definition) is 2. The molecule has 0 aromatic carbocycles. The fourth-order valence-electron chi connectivity index (χ4n) is 1.67. The molecule has 15 heavy (non-hydrogen) atoms. The molecule has 0 bridgehead atoms. The maximum absolute atomic E-state index is 10.2. The van der Waals surface area contributed by atoms with Crippen molar-refractivity contribution in [3.63, 3.8) is 0 Å². The smallest absolute Gasteiger partial charge is 0.303 e. The first-order valence-electron chi connectivity index (χ1n) is 5.41. The lowest BCUT2D eigenvalue weighted by Crippen LogP contribution is -2.12. The molecule has 0 spiro atoms. The topological polar surface area (TPSA) is 57.5 Å². The van der Waals surface area contributed by atoms with Crippen molar-refractivity contribution in [3.05, 3.63) is 24.3 Å². The van der Waals surface area contributed by atoms with Gasteiger partial charge in [0.15, 0.2) is 0 Å². The van der Waals surface area contributed by atoms with Crippen molar-refractivity contribution in [3.8, 4) is 0 Å². The maximum Gasteiger partial charge on any atom is 0.303 e. The molecule has 0 aromatic rings. The average Bonchev–Trinajstić information content (AvgIpc) is 2.57. The Bertz CT molecular complexity index is 256. The molecule has 0 aliphatic heterocycles. The number of unbranched alkanes of at least 4 members (excludes halogenated alkanes) is 1. The summed E-state index contributed by atoms with van der Waals surface area (Å²) in [7, 11) is 0. The summed E-state index contributed by atoms with van der Waals surface area (Å²) in [4.78, 5) is 10.2. The van der Waals surface area contributed by atoms with E-state index in [1.807, 2.05) is 24.3 Å². The molecule has 0 amide bonds. The third kappa shape index (κ3) is 4.79. The lowest BCUT2D eigenvalue weighted by atomic mass is 10.0. The Morgan fingerprint density at radius 3 is 2.87 bits per heavy atom. The lowest BCUT2D eigenvalue weighted by Gasteiger charge is -2.10. The summed E-state index contributed by atoms with van der Waals surface area (Å²) in [6, 6.07) is 0. The minimum atomic E-state index is -0.738. The molecule has 2 atom stereocenters. The van der Waals surface area contributed by atoms with Crippen LogP contribution in [0.15, 0.2) is 24.3 Å². The van der Waals surface area contributed by atoms with Crippen molar-refractivity contribution in [2.45, 2.75) is 38.2 Å². The van der Waals surface area contributed by atoms with Crippen LogP contribution < -0.4 is 0 Å². The zero-order valence-corrected chi connectivity index (χ0v) is 8.80. The molecule has 0 radical (unpaired) electrons. The molecule has 1 aliphatic rings. The van der Waals surface area contributed by atoms with Gasteiger partial charge in [-0.1, -0.05) is 24.3 Å². The zero-order chi connectivity index (χ0) is 11.1. The molecular weight excluding hydrogens is 192 g/mol. The van der Waals surface area contributed by atoms with Gasteiger partial charge in [0.05, 0.1) is 6.10 Å². The Labute approximate surface area is 90.1 Å². The molecule has 0 saturated heterocycles. The molecule has 0 fully saturated rings. The summed E-state index contributed by atoms with van der Waals surface area (Å²) in [5, 5.41) is 17.9.